The number of nitrogens with zero attached hydrogens (tertiary/aromatic N) is 1. The minimum absolute atomic E-state index is 1.06. The summed E-state index contributed by atoms with van der Waals surface area (Å²) in [5.74, 6) is 0. The number of rotatable bonds is 13. The van der Waals surface area contributed by atoms with E-state index in [9.17, 15) is 0 Å². The lowest BCUT2D eigenvalue weighted by molar-refractivity contribution is 0.214. The molecule has 0 radical (unpaired) electrons. The molecule has 17 heavy (non-hydrogen) atoms. The lowest BCUT2D eigenvalue weighted by Crippen LogP contribution is -1.83. The molecule has 2 nitrogen and oxygen atoms in total. The molecule has 0 heterocycles. The van der Waals surface area contributed by atoms with Crippen LogP contribution in [0.2, 0.25) is 0 Å². The summed E-state index contributed by atoms with van der Waals surface area (Å²) in [6, 6.07) is 0. The topological polar surface area (TPSA) is 21.6 Å². The maximum absolute atomic E-state index is 4.61. The van der Waals surface area contributed by atoms with Crippen LogP contribution in [-0.4, -0.2) is 13.3 Å². The molecule has 0 aliphatic carbocycles. The Labute approximate surface area is 108 Å². The van der Waals surface area contributed by atoms with E-state index in [1.165, 1.54) is 70.6 Å². The predicted octanol–water partition coefficient (Wildman–Crippen LogP) is 5.32. The summed E-state index contributed by atoms with van der Waals surface area (Å²) in [5.41, 5.74) is 0. The van der Waals surface area contributed by atoms with Crippen molar-refractivity contribution in [1.29, 1.82) is 0 Å². The first-order chi connectivity index (χ1) is 8.41. The third-order valence-corrected chi connectivity index (χ3v) is 3.12. The van der Waals surface area contributed by atoms with Crippen molar-refractivity contribution in [2.24, 2.45) is 5.16 Å². The van der Waals surface area contributed by atoms with E-state index in [1.807, 2.05) is 6.21 Å². The zero-order valence-corrected chi connectivity index (χ0v) is 11.9. The fourth-order valence-electron chi connectivity index (χ4n) is 2.03. The molecule has 0 aromatic rings. The number of hydrogen-bond donors (Lipinski definition) is 0. The first-order valence-electron chi connectivity index (χ1n) is 7.46. The van der Waals surface area contributed by atoms with Crippen LogP contribution in [-0.2, 0) is 4.84 Å². The second-order valence-corrected chi connectivity index (χ2v) is 4.79. The molecule has 0 saturated carbocycles. The molecule has 0 atom stereocenters. The van der Waals surface area contributed by atoms with Crippen LogP contribution in [0, 0.1) is 0 Å². The standard InChI is InChI=1S/C15H31NO/c1-3-4-5-6-7-8-9-10-11-12-13-14-15-16-17-2/h15H,3-14H2,1-2H3/b16-15-. The van der Waals surface area contributed by atoms with Gasteiger partial charge in [0.1, 0.15) is 7.11 Å². The zero-order valence-electron chi connectivity index (χ0n) is 11.9. The van der Waals surface area contributed by atoms with Gasteiger partial charge in [0.2, 0.25) is 0 Å². The summed E-state index contributed by atoms with van der Waals surface area (Å²) in [6.07, 6.45) is 18.3. The molecule has 0 amide bonds. The molecule has 0 fully saturated rings. The van der Waals surface area contributed by atoms with Gasteiger partial charge in [0.25, 0.3) is 0 Å². The summed E-state index contributed by atoms with van der Waals surface area (Å²) >= 11 is 0. The van der Waals surface area contributed by atoms with Crippen LogP contribution < -0.4 is 0 Å². The summed E-state index contributed by atoms with van der Waals surface area (Å²) in [5, 5.41) is 3.73. The highest BCUT2D eigenvalue weighted by molar-refractivity contribution is 5.55. The second-order valence-electron chi connectivity index (χ2n) is 4.79. The molecule has 0 bridgehead atoms. The Bertz CT molecular complexity index is 157. The van der Waals surface area contributed by atoms with Crippen molar-refractivity contribution >= 4 is 6.21 Å². The number of oxime groups is 1. The average Bonchev–Trinajstić information content (AvgIpc) is 2.35. The molecule has 0 rings (SSSR count). The van der Waals surface area contributed by atoms with E-state index in [0.29, 0.717) is 0 Å². The van der Waals surface area contributed by atoms with Gasteiger partial charge in [0.15, 0.2) is 0 Å². The molecular weight excluding hydrogens is 210 g/mol. The van der Waals surface area contributed by atoms with Crippen molar-refractivity contribution in [3.63, 3.8) is 0 Å². The summed E-state index contributed by atoms with van der Waals surface area (Å²) < 4.78 is 0. The third kappa shape index (κ3) is 15.5. The Morgan fingerprint density at radius 2 is 1.24 bits per heavy atom. The summed E-state index contributed by atoms with van der Waals surface area (Å²) in [7, 11) is 1.59. The molecule has 0 unspecified atom stereocenters. The van der Waals surface area contributed by atoms with Crippen LogP contribution in [0.25, 0.3) is 0 Å². The largest absolute Gasteiger partial charge is 0.399 e. The maximum atomic E-state index is 4.61. The molecule has 0 aromatic carbocycles. The number of unbranched alkanes of at least 4 members (excludes halogenated alkanes) is 11. The Hall–Kier alpha value is -0.530. The Kier molecular flexibility index (Phi) is 15.0. The van der Waals surface area contributed by atoms with Crippen LogP contribution in [0.5, 0.6) is 0 Å². The first kappa shape index (κ1) is 16.5. The minimum Gasteiger partial charge on any atom is -0.399 e. The quantitative estimate of drug-likeness (QED) is 0.243. The van der Waals surface area contributed by atoms with Gasteiger partial charge in [-0.25, -0.2) is 0 Å². The molecule has 0 aliphatic rings. The van der Waals surface area contributed by atoms with E-state index in [4.69, 9.17) is 0 Å². The van der Waals surface area contributed by atoms with Crippen molar-refractivity contribution in [3.8, 4) is 0 Å². The van der Waals surface area contributed by atoms with Crippen molar-refractivity contribution < 1.29 is 4.84 Å². The van der Waals surface area contributed by atoms with Gasteiger partial charge in [-0.15, -0.1) is 0 Å². The monoisotopic (exact) mass is 241 g/mol. The molecular formula is C15H31NO. The fourth-order valence-corrected chi connectivity index (χ4v) is 2.03. The van der Waals surface area contributed by atoms with E-state index < -0.39 is 0 Å². The van der Waals surface area contributed by atoms with E-state index in [0.717, 1.165) is 6.42 Å². The van der Waals surface area contributed by atoms with Crippen LogP contribution in [0.4, 0.5) is 0 Å². The van der Waals surface area contributed by atoms with Gasteiger partial charge >= 0.3 is 0 Å². The first-order valence-corrected chi connectivity index (χ1v) is 7.46. The molecule has 0 aliphatic heterocycles. The Morgan fingerprint density at radius 1 is 0.765 bits per heavy atom. The number of hydrogen-bond acceptors (Lipinski definition) is 2. The Balaban J connectivity index is 2.91. The van der Waals surface area contributed by atoms with E-state index in [2.05, 4.69) is 16.9 Å². The van der Waals surface area contributed by atoms with Gasteiger partial charge in [-0.2, -0.15) is 0 Å². The van der Waals surface area contributed by atoms with Crippen molar-refractivity contribution in [1.82, 2.24) is 0 Å². The predicted molar refractivity (Wildman–Crippen MR) is 76.6 cm³/mol. The highest BCUT2D eigenvalue weighted by Gasteiger charge is 1.92. The van der Waals surface area contributed by atoms with E-state index in [-0.39, 0.29) is 0 Å². The van der Waals surface area contributed by atoms with Crippen LogP contribution >= 0.6 is 0 Å². The van der Waals surface area contributed by atoms with Gasteiger partial charge in [-0.3, -0.25) is 0 Å². The van der Waals surface area contributed by atoms with Gasteiger partial charge in [0.05, 0.1) is 0 Å². The molecule has 0 aromatic heterocycles. The lowest BCUT2D eigenvalue weighted by atomic mass is 10.1. The highest BCUT2D eigenvalue weighted by Crippen LogP contribution is 2.11. The van der Waals surface area contributed by atoms with Crippen molar-refractivity contribution in [3.05, 3.63) is 0 Å². The Morgan fingerprint density at radius 3 is 1.71 bits per heavy atom. The third-order valence-electron chi connectivity index (χ3n) is 3.12. The molecule has 102 valence electrons. The summed E-state index contributed by atoms with van der Waals surface area (Å²) in [4.78, 5) is 4.61. The maximum Gasteiger partial charge on any atom is 0.106 e. The molecule has 0 spiro atoms. The zero-order chi connectivity index (χ0) is 12.6. The van der Waals surface area contributed by atoms with Gasteiger partial charge in [-0.05, 0) is 12.8 Å². The molecule has 0 N–H and O–H groups in total. The SMILES string of the molecule is CCCCCCCCCCCCC/C=N\OC. The summed E-state index contributed by atoms with van der Waals surface area (Å²) in [6.45, 7) is 2.28. The van der Waals surface area contributed by atoms with Crippen molar-refractivity contribution in [2.75, 3.05) is 7.11 Å². The normalized spacial score (nSPS) is 11.2. The van der Waals surface area contributed by atoms with Gasteiger partial charge < -0.3 is 4.84 Å². The van der Waals surface area contributed by atoms with Gasteiger partial charge in [0, 0.05) is 6.21 Å². The average molecular weight is 241 g/mol. The molecule has 0 saturated heterocycles. The van der Waals surface area contributed by atoms with Crippen LogP contribution in [0.3, 0.4) is 0 Å². The van der Waals surface area contributed by atoms with Crippen LogP contribution in [0.15, 0.2) is 5.16 Å². The van der Waals surface area contributed by atoms with Crippen LogP contribution in [0.1, 0.15) is 84.0 Å². The van der Waals surface area contributed by atoms with Gasteiger partial charge in [-0.1, -0.05) is 76.3 Å². The molecule has 2 heteroatoms. The van der Waals surface area contributed by atoms with E-state index >= 15 is 0 Å². The lowest BCUT2D eigenvalue weighted by Gasteiger charge is -2.01. The highest BCUT2D eigenvalue weighted by atomic mass is 16.6. The van der Waals surface area contributed by atoms with E-state index in [1.54, 1.807) is 7.11 Å². The second kappa shape index (κ2) is 15.5. The fraction of sp³-hybridized carbons (Fsp3) is 0.933. The minimum atomic E-state index is 1.06. The smallest absolute Gasteiger partial charge is 0.106 e. The van der Waals surface area contributed by atoms with Crippen molar-refractivity contribution in [2.45, 2.75) is 84.0 Å².